The molecule has 0 aliphatic carbocycles. The van der Waals surface area contributed by atoms with E-state index in [-0.39, 0.29) is 0 Å². The lowest BCUT2D eigenvalue weighted by molar-refractivity contribution is 1.07. The van der Waals surface area contributed by atoms with E-state index < -0.39 is 0 Å². The summed E-state index contributed by atoms with van der Waals surface area (Å²) in [5.74, 6) is 1.91. The molecule has 4 heterocycles. The van der Waals surface area contributed by atoms with Crippen LogP contribution in [0.15, 0.2) is 146 Å². The first-order valence-corrected chi connectivity index (χ1v) is 16.1. The Labute approximate surface area is 274 Å². The fourth-order valence-electron chi connectivity index (χ4n) is 5.91. The summed E-state index contributed by atoms with van der Waals surface area (Å²) < 4.78 is 1.04. The molecule has 6 nitrogen and oxygen atoms in total. The molecule has 220 valence electrons. The third kappa shape index (κ3) is 4.99. The number of thiophene rings is 1. The van der Waals surface area contributed by atoms with E-state index in [1.165, 1.54) is 10.8 Å². The summed E-state index contributed by atoms with van der Waals surface area (Å²) in [5, 5.41) is 3.42. The van der Waals surface area contributed by atoms with Crippen molar-refractivity contribution in [1.29, 1.82) is 0 Å². The molecule has 5 aromatic carbocycles. The van der Waals surface area contributed by atoms with Gasteiger partial charge in [0.25, 0.3) is 0 Å². The minimum Gasteiger partial charge on any atom is -0.245 e. The van der Waals surface area contributed by atoms with Crippen molar-refractivity contribution in [2.75, 3.05) is 0 Å². The topological polar surface area (TPSA) is 77.3 Å². The van der Waals surface area contributed by atoms with E-state index in [1.807, 2.05) is 66.9 Å². The lowest BCUT2D eigenvalue weighted by Gasteiger charge is -2.09. The van der Waals surface area contributed by atoms with E-state index in [0.29, 0.717) is 17.5 Å². The zero-order valence-corrected chi connectivity index (χ0v) is 25.8. The molecule has 9 aromatic rings. The van der Waals surface area contributed by atoms with Gasteiger partial charge in [0, 0.05) is 39.4 Å². The average molecular weight is 621 g/mol. The Kier molecular flexibility index (Phi) is 6.54. The van der Waals surface area contributed by atoms with Crippen LogP contribution in [0.3, 0.4) is 0 Å². The summed E-state index contributed by atoms with van der Waals surface area (Å²) in [5.41, 5.74) is 7.78. The molecule has 0 saturated heterocycles. The van der Waals surface area contributed by atoms with Crippen molar-refractivity contribution in [3.8, 4) is 56.5 Å². The third-order valence-electron chi connectivity index (χ3n) is 8.31. The van der Waals surface area contributed by atoms with Crippen LogP contribution >= 0.6 is 11.3 Å². The van der Waals surface area contributed by atoms with Gasteiger partial charge < -0.3 is 0 Å². The van der Waals surface area contributed by atoms with Crippen molar-refractivity contribution in [2.24, 2.45) is 0 Å². The fraction of sp³-hybridized carbons (Fsp3) is 0. The van der Waals surface area contributed by atoms with Gasteiger partial charge in [-0.2, -0.15) is 0 Å². The number of benzene rings is 5. The Hall–Kier alpha value is -6.18. The molecular formula is C40H24N6S. The van der Waals surface area contributed by atoms with Crippen LogP contribution in [0.5, 0.6) is 0 Å². The van der Waals surface area contributed by atoms with Crippen molar-refractivity contribution in [2.45, 2.75) is 0 Å². The molecule has 0 N–H and O–H groups in total. The molecular weight excluding hydrogens is 597 g/mol. The van der Waals surface area contributed by atoms with Crippen LogP contribution in [0, 0.1) is 0 Å². The molecule has 0 fully saturated rings. The molecule has 0 bridgehead atoms. The van der Waals surface area contributed by atoms with Gasteiger partial charge in [-0.15, -0.1) is 11.3 Å². The maximum absolute atomic E-state index is 4.87. The Balaban J connectivity index is 1.09. The Morgan fingerprint density at radius 3 is 1.68 bits per heavy atom. The van der Waals surface area contributed by atoms with Gasteiger partial charge in [0.1, 0.15) is 11.2 Å². The number of hydrogen-bond acceptors (Lipinski definition) is 7. The van der Waals surface area contributed by atoms with Crippen molar-refractivity contribution < 1.29 is 0 Å². The molecule has 0 saturated carbocycles. The Morgan fingerprint density at radius 2 is 1.00 bits per heavy atom. The second kappa shape index (κ2) is 11.3. The van der Waals surface area contributed by atoms with Crippen LogP contribution < -0.4 is 0 Å². The number of nitrogens with zero attached hydrogens (tertiary/aromatic N) is 6. The number of aromatic nitrogens is 6. The van der Waals surface area contributed by atoms with E-state index in [0.717, 1.165) is 59.5 Å². The van der Waals surface area contributed by atoms with Gasteiger partial charge in [0.05, 0.1) is 15.9 Å². The minimum absolute atomic E-state index is 0.625. The normalized spacial score (nSPS) is 11.4. The lowest BCUT2D eigenvalue weighted by Crippen LogP contribution is -2.00. The van der Waals surface area contributed by atoms with Crippen LogP contribution in [0.1, 0.15) is 0 Å². The number of pyridine rings is 1. The maximum atomic E-state index is 4.87. The number of rotatable bonds is 5. The highest BCUT2D eigenvalue weighted by molar-refractivity contribution is 7.25. The van der Waals surface area contributed by atoms with Gasteiger partial charge in [-0.05, 0) is 28.5 Å². The molecule has 9 rings (SSSR count). The zero-order chi connectivity index (χ0) is 31.2. The molecule has 47 heavy (non-hydrogen) atoms. The highest BCUT2D eigenvalue weighted by Gasteiger charge is 2.16. The molecule has 0 spiro atoms. The van der Waals surface area contributed by atoms with E-state index in [2.05, 4.69) is 72.8 Å². The van der Waals surface area contributed by atoms with E-state index in [4.69, 9.17) is 29.9 Å². The van der Waals surface area contributed by atoms with Crippen LogP contribution in [-0.4, -0.2) is 29.9 Å². The van der Waals surface area contributed by atoms with Crippen molar-refractivity contribution in [3.05, 3.63) is 146 Å². The second-order valence-corrected chi connectivity index (χ2v) is 12.3. The SMILES string of the molecule is c1ccc(-c2nc(-c3ccccc3)nc(-c3ccc(-c4cnc5sc6c(-c7ccc8ccccc8c7)ncnc6c5c4)cc3)n2)cc1. The molecule has 0 aliphatic rings. The maximum Gasteiger partial charge on any atom is 0.164 e. The zero-order valence-electron chi connectivity index (χ0n) is 24.9. The quantitative estimate of drug-likeness (QED) is 0.191. The predicted molar refractivity (Wildman–Crippen MR) is 191 cm³/mol. The highest BCUT2D eigenvalue weighted by atomic mass is 32.1. The summed E-state index contributed by atoms with van der Waals surface area (Å²) in [6.07, 6.45) is 3.59. The fourth-order valence-corrected chi connectivity index (χ4v) is 7.00. The first-order chi connectivity index (χ1) is 23.3. The van der Waals surface area contributed by atoms with Crippen molar-refractivity contribution in [1.82, 2.24) is 29.9 Å². The van der Waals surface area contributed by atoms with Gasteiger partial charge in [0.15, 0.2) is 17.5 Å². The van der Waals surface area contributed by atoms with Crippen LogP contribution in [0.2, 0.25) is 0 Å². The predicted octanol–water partition coefficient (Wildman–Crippen LogP) is 9.91. The van der Waals surface area contributed by atoms with Gasteiger partial charge in [0.2, 0.25) is 0 Å². The highest BCUT2D eigenvalue weighted by Crippen LogP contribution is 2.39. The van der Waals surface area contributed by atoms with Crippen LogP contribution in [0.25, 0.3) is 87.8 Å². The van der Waals surface area contributed by atoms with Crippen LogP contribution in [-0.2, 0) is 0 Å². The molecule has 0 aliphatic heterocycles. The van der Waals surface area contributed by atoms with E-state index in [9.17, 15) is 0 Å². The smallest absolute Gasteiger partial charge is 0.164 e. The van der Waals surface area contributed by atoms with Gasteiger partial charge >= 0.3 is 0 Å². The van der Waals surface area contributed by atoms with E-state index >= 15 is 0 Å². The average Bonchev–Trinajstić information content (AvgIpc) is 3.53. The largest absolute Gasteiger partial charge is 0.245 e. The second-order valence-electron chi connectivity index (χ2n) is 11.3. The summed E-state index contributed by atoms with van der Waals surface area (Å²) >= 11 is 1.63. The molecule has 7 heteroatoms. The first kappa shape index (κ1) is 27.2. The van der Waals surface area contributed by atoms with Gasteiger partial charge in [-0.1, -0.05) is 121 Å². The van der Waals surface area contributed by atoms with Crippen molar-refractivity contribution >= 4 is 42.5 Å². The molecule has 0 amide bonds. The number of fused-ring (bicyclic) bond motifs is 4. The third-order valence-corrected chi connectivity index (χ3v) is 9.42. The first-order valence-electron chi connectivity index (χ1n) is 15.3. The molecule has 0 atom stereocenters. The van der Waals surface area contributed by atoms with Crippen LogP contribution in [0.4, 0.5) is 0 Å². The molecule has 4 aromatic heterocycles. The summed E-state index contributed by atoms with van der Waals surface area (Å²) in [4.78, 5) is 29.8. The minimum atomic E-state index is 0.625. The molecule has 0 radical (unpaired) electrons. The van der Waals surface area contributed by atoms with Gasteiger partial charge in [-0.3, -0.25) is 0 Å². The summed E-state index contributed by atoms with van der Waals surface area (Å²) in [6.45, 7) is 0. The Morgan fingerprint density at radius 1 is 0.426 bits per heavy atom. The molecule has 0 unspecified atom stereocenters. The Bertz CT molecular complexity index is 2510. The summed E-state index contributed by atoms with van der Waals surface area (Å²) in [7, 11) is 0. The monoisotopic (exact) mass is 620 g/mol. The van der Waals surface area contributed by atoms with Crippen molar-refractivity contribution in [3.63, 3.8) is 0 Å². The lowest BCUT2D eigenvalue weighted by atomic mass is 10.0. The number of hydrogen-bond donors (Lipinski definition) is 0. The summed E-state index contributed by atoms with van der Waals surface area (Å²) in [6, 6.07) is 45.4. The standard InChI is InChI=1S/C40H24N6S/c1-3-10-27(11-4-1)37-44-38(28-12-5-2-6-13-28)46-39(45-37)29-18-15-26(16-19-29)32-22-33-35-36(47-40(33)41-23-32)34(42-24-43-35)31-20-17-25-9-7-8-14-30(25)21-31/h1-24H. The van der Waals surface area contributed by atoms with Gasteiger partial charge in [-0.25, -0.2) is 29.9 Å². The van der Waals surface area contributed by atoms with E-state index in [1.54, 1.807) is 17.7 Å².